The SMILES string of the molecule is CCn1c(C)c(-c2ccc([N+](=O)[O-])cc2)c(=O)c(C(=O)O)c1-c1ccc(Cl)c(Cl)c1. The Morgan fingerprint density at radius 1 is 1.10 bits per heavy atom. The van der Waals surface area contributed by atoms with Gasteiger partial charge in [-0.05, 0) is 43.7 Å². The van der Waals surface area contributed by atoms with Gasteiger partial charge in [0, 0.05) is 35.5 Å². The third-order valence-corrected chi connectivity index (χ3v) is 5.56. The molecule has 1 aromatic heterocycles. The van der Waals surface area contributed by atoms with Gasteiger partial charge in [-0.2, -0.15) is 0 Å². The van der Waals surface area contributed by atoms with Gasteiger partial charge < -0.3 is 9.67 Å². The number of benzene rings is 2. The number of nitro benzene ring substituents is 1. The normalized spacial score (nSPS) is 10.8. The predicted molar refractivity (Wildman–Crippen MR) is 116 cm³/mol. The van der Waals surface area contributed by atoms with Crippen LogP contribution in [0.4, 0.5) is 5.69 Å². The molecule has 0 saturated carbocycles. The summed E-state index contributed by atoms with van der Waals surface area (Å²) in [6.07, 6.45) is 0. The Kier molecular flexibility index (Phi) is 5.96. The van der Waals surface area contributed by atoms with Crippen LogP contribution in [0.3, 0.4) is 0 Å². The molecule has 0 atom stereocenters. The van der Waals surface area contributed by atoms with Gasteiger partial charge in [-0.25, -0.2) is 4.79 Å². The number of nitro groups is 1. The minimum absolute atomic E-state index is 0.127. The van der Waals surface area contributed by atoms with Crippen molar-refractivity contribution in [1.82, 2.24) is 4.57 Å². The van der Waals surface area contributed by atoms with Gasteiger partial charge in [-0.15, -0.1) is 0 Å². The molecule has 1 heterocycles. The van der Waals surface area contributed by atoms with Crippen molar-refractivity contribution in [2.45, 2.75) is 20.4 Å². The first-order valence-corrected chi connectivity index (χ1v) is 9.63. The first-order chi connectivity index (χ1) is 14.2. The molecule has 2 aromatic carbocycles. The average Bonchev–Trinajstić information content (AvgIpc) is 2.69. The summed E-state index contributed by atoms with van der Waals surface area (Å²) in [6, 6.07) is 10.1. The van der Waals surface area contributed by atoms with Crippen molar-refractivity contribution in [3.8, 4) is 22.4 Å². The Hall–Kier alpha value is -3.16. The standard InChI is InChI=1S/C21H16Cl2N2O5/c1-3-24-11(2)17(12-4-7-14(8-5-12)25(29)30)20(26)18(21(27)28)19(24)13-6-9-15(22)16(23)10-13/h4-10H,3H2,1-2H3,(H,27,28). The lowest BCUT2D eigenvalue weighted by molar-refractivity contribution is -0.384. The number of carbonyl (C=O) groups is 1. The Morgan fingerprint density at radius 2 is 1.70 bits per heavy atom. The second-order valence-electron chi connectivity index (χ2n) is 6.50. The maximum absolute atomic E-state index is 13.3. The van der Waals surface area contributed by atoms with Crippen molar-refractivity contribution in [2.75, 3.05) is 0 Å². The summed E-state index contributed by atoms with van der Waals surface area (Å²) in [5, 5.41) is 21.3. The number of aromatic nitrogens is 1. The van der Waals surface area contributed by atoms with Crippen LogP contribution in [0, 0.1) is 17.0 Å². The Labute approximate surface area is 181 Å². The largest absolute Gasteiger partial charge is 0.477 e. The number of carboxylic acid groups (broad SMARTS) is 1. The number of aromatic carboxylic acids is 1. The van der Waals surface area contributed by atoms with Crippen LogP contribution in [0.2, 0.25) is 10.0 Å². The van der Waals surface area contributed by atoms with Crippen LogP contribution in [0.15, 0.2) is 47.3 Å². The van der Waals surface area contributed by atoms with Gasteiger partial charge in [0.15, 0.2) is 0 Å². The number of halogens is 2. The van der Waals surface area contributed by atoms with Crippen molar-refractivity contribution in [3.63, 3.8) is 0 Å². The van der Waals surface area contributed by atoms with Crippen LogP contribution in [0.5, 0.6) is 0 Å². The van der Waals surface area contributed by atoms with Crippen LogP contribution < -0.4 is 5.43 Å². The average molecular weight is 447 g/mol. The van der Waals surface area contributed by atoms with E-state index in [1.54, 1.807) is 17.6 Å². The molecule has 0 amide bonds. The summed E-state index contributed by atoms with van der Waals surface area (Å²) >= 11 is 12.1. The Balaban J connectivity index is 2.39. The van der Waals surface area contributed by atoms with Crippen LogP contribution in [-0.2, 0) is 6.54 Å². The van der Waals surface area contributed by atoms with Gasteiger partial charge in [-0.1, -0.05) is 29.3 Å². The molecule has 0 saturated heterocycles. The molecular weight excluding hydrogens is 431 g/mol. The monoisotopic (exact) mass is 446 g/mol. The highest BCUT2D eigenvalue weighted by Gasteiger charge is 2.26. The van der Waals surface area contributed by atoms with E-state index in [9.17, 15) is 24.8 Å². The number of carboxylic acids is 1. The van der Waals surface area contributed by atoms with Crippen LogP contribution in [-0.4, -0.2) is 20.6 Å². The molecule has 0 bridgehead atoms. The van der Waals surface area contributed by atoms with Crippen LogP contribution in [0.1, 0.15) is 23.0 Å². The topological polar surface area (TPSA) is 102 Å². The zero-order chi connectivity index (χ0) is 22.2. The lowest BCUT2D eigenvalue weighted by Crippen LogP contribution is -2.25. The Morgan fingerprint density at radius 3 is 2.20 bits per heavy atom. The first kappa shape index (κ1) is 21.5. The number of hydrogen-bond donors (Lipinski definition) is 1. The summed E-state index contributed by atoms with van der Waals surface area (Å²) in [7, 11) is 0. The van der Waals surface area contributed by atoms with E-state index < -0.39 is 21.9 Å². The highest BCUT2D eigenvalue weighted by molar-refractivity contribution is 6.42. The summed E-state index contributed by atoms with van der Waals surface area (Å²) < 4.78 is 1.71. The Bertz CT molecular complexity index is 1230. The van der Waals surface area contributed by atoms with Gasteiger partial charge in [0.1, 0.15) is 5.56 Å². The third kappa shape index (κ3) is 3.69. The smallest absolute Gasteiger partial charge is 0.341 e. The molecule has 0 aliphatic heterocycles. The summed E-state index contributed by atoms with van der Waals surface area (Å²) in [5.74, 6) is -1.38. The molecule has 30 heavy (non-hydrogen) atoms. The molecule has 3 rings (SSSR count). The molecule has 1 N–H and O–H groups in total. The van der Waals surface area contributed by atoms with Gasteiger partial charge in [-0.3, -0.25) is 14.9 Å². The van der Waals surface area contributed by atoms with E-state index >= 15 is 0 Å². The number of pyridine rings is 1. The fourth-order valence-corrected chi connectivity index (χ4v) is 3.76. The van der Waals surface area contributed by atoms with Gasteiger partial charge in [0.25, 0.3) is 5.69 Å². The van der Waals surface area contributed by atoms with Crippen molar-refractivity contribution >= 4 is 34.9 Å². The maximum Gasteiger partial charge on any atom is 0.341 e. The molecule has 0 unspecified atom stereocenters. The second-order valence-corrected chi connectivity index (χ2v) is 7.31. The van der Waals surface area contributed by atoms with Crippen molar-refractivity contribution < 1.29 is 14.8 Å². The van der Waals surface area contributed by atoms with E-state index in [-0.39, 0.29) is 22.0 Å². The van der Waals surface area contributed by atoms with E-state index in [1.807, 2.05) is 6.92 Å². The van der Waals surface area contributed by atoms with Crippen LogP contribution in [0.25, 0.3) is 22.4 Å². The van der Waals surface area contributed by atoms with E-state index in [0.29, 0.717) is 28.4 Å². The lowest BCUT2D eigenvalue weighted by Gasteiger charge is -2.21. The summed E-state index contributed by atoms with van der Waals surface area (Å²) in [5.41, 5.74) is 0.548. The van der Waals surface area contributed by atoms with Gasteiger partial charge in [0.05, 0.1) is 20.7 Å². The molecular formula is C21H16Cl2N2O5. The molecule has 7 nitrogen and oxygen atoms in total. The predicted octanol–water partition coefficient (Wildman–Crippen LogP) is 5.42. The van der Waals surface area contributed by atoms with Crippen LogP contribution >= 0.6 is 23.2 Å². The van der Waals surface area contributed by atoms with Crippen molar-refractivity contribution in [3.05, 3.63) is 84.1 Å². The van der Waals surface area contributed by atoms with E-state index in [1.165, 1.54) is 36.4 Å². The van der Waals surface area contributed by atoms with Crippen molar-refractivity contribution in [1.29, 1.82) is 0 Å². The second kappa shape index (κ2) is 8.30. The highest BCUT2D eigenvalue weighted by Crippen LogP contribution is 2.33. The minimum atomic E-state index is -1.38. The van der Waals surface area contributed by atoms with Gasteiger partial charge in [0.2, 0.25) is 5.43 Å². The van der Waals surface area contributed by atoms with E-state index in [0.717, 1.165) is 0 Å². The molecule has 154 valence electrons. The number of rotatable bonds is 5. The molecule has 3 aromatic rings. The molecule has 0 radical (unpaired) electrons. The van der Waals surface area contributed by atoms with Gasteiger partial charge >= 0.3 is 5.97 Å². The summed E-state index contributed by atoms with van der Waals surface area (Å²) in [4.78, 5) is 35.8. The lowest BCUT2D eigenvalue weighted by atomic mass is 9.96. The molecule has 0 aliphatic rings. The highest BCUT2D eigenvalue weighted by atomic mass is 35.5. The number of hydrogen-bond acceptors (Lipinski definition) is 4. The zero-order valence-corrected chi connectivity index (χ0v) is 17.5. The molecule has 0 spiro atoms. The maximum atomic E-state index is 13.3. The minimum Gasteiger partial charge on any atom is -0.477 e. The first-order valence-electron chi connectivity index (χ1n) is 8.88. The molecule has 9 heteroatoms. The number of nitrogens with zero attached hydrogens (tertiary/aromatic N) is 2. The third-order valence-electron chi connectivity index (χ3n) is 4.82. The van der Waals surface area contributed by atoms with Crippen molar-refractivity contribution in [2.24, 2.45) is 0 Å². The van der Waals surface area contributed by atoms with E-state index in [2.05, 4.69) is 0 Å². The van der Waals surface area contributed by atoms with E-state index in [4.69, 9.17) is 23.2 Å². The zero-order valence-electron chi connectivity index (χ0n) is 16.0. The fourth-order valence-electron chi connectivity index (χ4n) is 3.46. The quantitative estimate of drug-likeness (QED) is 0.415. The molecule has 0 aliphatic carbocycles. The summed E-state index contributed by atoms with van der Waals surface area (Å²) in [6.45, 7) is 3.90. The fraction of sp³-hybridized carbons (Fsp3) is 0.143. The number of non-ortho nitro benzene ring substituents is 1. The molecule has 0 fully saturated rings.